The normalized spacial score (nSPS) is 11.3. The number of halogens is 1. The molecule has 0 aliphatic rings. The largest absolute Gasteiger partial charge is 0.342 e. The molecular formula is C19H23FN2OS. The van der Waals surface area contributed by atoms with E-state index < -0.39 is 5.54 Å². The maximum Gasteiger partial charge on any atom is 0.270 e. The van der Waals surface area contributed by atoms with Crippen LogP contribution < -0.4 is 5.32 Å². The number of rotatable bonds is 7. The first-order valence-corrected chi connectivity index (χ1v) is 9.09. The molecule has 0 atom stereocenters. The molecule has 1 aromatic heterocycles. The van der Waals surface area contributed by atoms with Gasteiger partial charge in [-0.3, -0.25) is 9.78 Å². The summed E-state index contributed by atoms with van der Waals surface area (Å²) in [5.74, 6) is 0.427. The van der Waals surface area contributed by atoms with E-state index in [0.29, 0.717) is 5.69 Å². The van der Waals surface area contributed by atoms with Crippen molar-refractivity contribution in [2.75, 3.05) is 5.75 Å². The summed E-state index contributed by atoms with van der Waals surface area (Å²) < 4.78 is 13.7. The van der Waals surface area contributed by atoms with Crippen LogP contribution in [0, 0.1) is 5.82 Å². The molecule has 1 aromatic carbocycles. The highest BCUT2D eigenvalue weighted by Gasteiger charge is 2.27. The van der Waals surface area contributed by atoms with Gasteiger partial charge in [0.25, 0.3) is 5.91 Å². The number of aromatic nitrogens is 1. The van der Waals surface area contributed by atoms with Crippen LogP contribution in [0.4, 0.5) is 4.39 Å². The molecule has 0 saturated carbocycles. The number of carbonyl (C=O) groups excluding carboxylic acids is 1. The summed E-state index contributed by atoms with van der Waals surface area (Å²) in [5.41, 5.74) is 0.652. The molecule has 0 bridgehead atoms. The van der Waals surface area contributed by atoms with Gasteiger partial charge in [-0.1, -0.05) is 25.5 Å². The fourth-order valence-corrected chi connectivity index (χ4v) is 3.70. The summed E-state index contributed by atoms with van der Waals surface area (Å²) in [4.78, 5) is 17.4. The zero-order valence-electron chi connectivity index (χ0n) is 14.3. The second-order valence-corrected chi connectivity index (χ2v) is 7.27. The SMILES string of the molecule is CCCCSc1cc(F)ccc1C(C)(C)NC(=O)c1ccccn1. The maximum absolute atomic E-state index is 13.7. The predicted molar refractivity (Wildman–Crippen MR) is 96.8 cm³/mol. The molecule has 2 rings (SSSR count). The lowest BCUT2D eigenvalue weighted by atomic mass is 9.94. The number of pyridine rings is 1. The van der Waals surface area contributed by atoms with Gasteiger partial charge in [-0.2, -0.15) is 0 Å². The smallest absolute Gasteiger partial charge is 0.270 e. The van der Waals surface area contributed by atoms with E-state index in [0.717, 1.165) is 29.1 Å². The molecule has 3 nitrogen and oxygen atoms in total. The van der Waals surface area contributed by atoms with Crippen molar-refractivity contribution in [2.45, 2.75) is 44.0 Å². The minimum Gasteiger partial charge on any atom is -0.342 e. The first-order valence-electron chi connectivity index (χ1n) is 8.10. The van der Waals surface area contributed by atoms with E-state index in [9.17, 15) is 9.18 Å². The maximum atomic E-state index is 13.7. The van der Waals surface area contributed by atoms with Crippen LogP contribution in [0.25, 0.3) is 0 Å². The molecule has 128 valence electrons. The molecule has 0 aliphatic carbocycles. The highest BCUT2D eigenvalue weighted by molar-refractivity contribution is 7.99. The van der Waals surface area contributed by atoms with E-state index in [1.54, 1.807) is 48.3 Å². The molecule has 0 fully saturated rings. The van der Waals surface area contributed by atoms with Gasteiger partial charge in [-0.05, 0) is 55.9 Å². The molecule has 0 unspecified atom stereocenters. The molecule has 1 amide bonds. The van der Waals surface area contributed by atoms with Crippen molar-refractivity contribution in [3.05, 3.63) is 59.7 Å². The first-order chi connectivity index (χ1) is 11.4. The summed E-state index contributed by atoms with van der Waals surface area (Å²) in [6, 6.07) is 9.96. The minimum atomic E-state index is -0.628. The van der Waals surface area contributed by atoms with Crippen LogP contribution in [0.2, 0.25) is 0 Å². The molecule has 0 aliphatic heterocycles. The van der Waals surface area contributed by atoms with Crippen molar-refractivity contribution in [3.63, 3.8) is 0 Å². The number of amides is 1. The van der Waals surface area contributed by atoms with Gasteiger partial charge in [-0.25, -0.2) is 4.39 Å². The lowest BCUT2D eigenvalue weighted by Crippen LogP contribution is -2.41. The summed E-state index contributed by atoms with van der Waals surface area (Å²) in [6.45, 7) is 5.97. The van der Waals surface area contributed by atoms with Crippen LogP contribution in [0.1, 0.15) is 49.7 Å². The fraction of sp³-hybridized carbons (Fsp3) is 0.368. The van der Waals surface area contributed by atoms with E-state index in [4.69, 9.17) is 0 Å². The summed E-state index contributed by atoms with van der Waals surface area (Å²) >= 11 is 1.63. The van der Waals surface area contributed by atoms with E-state index >= 15 is 0 Å². The highest BCUT2D eigenvalue weighted by atomic mass is 32.2. The Kier molecular flexibility index (Phi) is 6.37. The number of unbranched alkanes of at least 4 members (excludes halogenated alkanes) is 1. The fourth-order valence-electron chi connectivity index (χ4n) is 2.37. The Hall–Kier alpha value is -1.88. The van der Waals surface area contributed by atoms with Gasteiger partial charge in [0.2, 0.25) is 0 Å². The summed E-state index contributed by atoms with van der Waals surface area (Å²) in [6.07, 6.45) is 3.75. The van der Waals surface area contributed by atoms with Gasteiger partial charge in [0.15, 0.2) is 0 Å². The van der Waals surface area contributed by atoms with Gasteiger partial charge < -0.3 is 5.32 Å². The van der Waals surface area contributed by atoms with Gasteiger partial charge in [-0.15, -0.1) is 11.8 Å². The molecule has 1 N–H and O–H groups in total. The highest BCUT2D eigenvalue weighted by Crippen LogP contribution is 2.32. The lowest BCUT2D eigenvalue weighted by Gasteiger charge is -2.29. The van der Waals surface area contributed by atoms with Gasteiger partial charge in [0, 0.05) is 11.1 Å². The van der Waals surface area contributed by atoms with Crippen molar-refractivity contribution >= 4 is 17.7 Å². The Labute approximate surface area is 147 Å². The number of carbonyl (C=O) groups is 1. The van der Waals surface area contributed by atoms with Crippen LogP contribution in [0.15, 0.2) is 47.5 Å². The summed E-state index contributed by atoms with van der Waals surface area (Å²) in [7, 11) is 0. The van der Waals surface area contributed by atoms with Crippen molar-refractivity contribution in [2.24, 2.45) is 0 Å². The average Bonchev–Trinajstić information content (AvgIpc) is 2.55. The standard InChI is InChI=1S/C19H23FN2OS/c1-4-5-12-24-17-13-14(20)9-10-15(17)19(2,3)22-18(23)16-8-6-7-11-21-16/h6-11,13H,4-5,12H2,1-3H3,(H,22,23). The zero-order valence-corrected chi connectivity index (χ0v) is 15.1. The molecule has 24 heavy (non-hydrogen) atoms. The summed E-state index contributed by atoms with van der Waals surface area (Å²) in [5, 5.41) is 3.00. The molecular weight excluding hydrogens is 323 g/mol. The van der Waals surface area contributed by atoms with Crippen molar-refractivity contribution in [1.29, 1.82) is 0 Å². The molecule has 0 saturated heterocycles. The van der Waals surface area contributed by atoms with E-state index in [1.807, 2.05) is 13.8 Å². The van der Waals surface area contributed by atoms with Crippen LogP contribution in [0.3, 0.4) is 0 Å². The third-order valence-electron chi connectivity index (χ3n) is 3.70. The van der Waals surface area contributed by atoms with Crippen molar-refractivity contribution in [3.8, 4) is 0 Å². The molecule has 2 aromatic rings. The predicted octanol–water partition coefficient (Wildman–Crippen LogP) is 4.78. The second kappa shape index (κ2) is 8.29. The van der Waals surface area contributed by atoms with Crippen molar-refractivity contribution in [1.82, 2.24) is 10.3 Å². The molecule has 0 radical (unpaired) electrons. The lowest BCUT2D eigenvalue weighted by molar-refractivity contribution is 0.0906. The Morgan fingerprint density at radius 2 is 2.08 bits per heavy atom. The third-order valence-corrected chi connectivity index (χ3v) is 4.84. The Morgan fingerprint density at radius 3 is 2.75 bits per heavy atom. The van der Waals surface area contributed by atoms with Crippen LogP contribution >= 0.6 is 11.8 Å². The number of benzene rings is 1. The van der Waals surface area contributed by atoms with Crippen LogP contribution in [0.5, 0.6) is 0 Å². The minimum absolute atomic E-state index is 0.241. The average molecular weight is 346 g/mol. The number of thioether (sulfide) groups is 1. The number of nitrogens with zero attached hydrogens (tertiary/aromatic N) is 1. The molecule has 1 heterocycles. The van der Waals surface area contributed by atoms with Crippen LogP contribution in [-0.2, 0) is 5.54 Å². The first kappa shape index (κ1) is 18.5. The Bertz CT molecular complexity index is 689. The monoisotopic (exact) mass is 346 g/mol. The molecule has 5 heteroatoms. The van der Waals surface area contributed by atoms with E-state index in [1.165, 1.54) is 6.07 Å². The van der Waals surface area contributed by atoms with Gasteiger partial charge in [0.1, 0.15) is 11.5 Å². The third kappa shape index (κ3) is 4.81. The quantitative estimate of drug-likeness (QED) is 0.579. The number of hydrogen-bond donors (Lipinski definition) is 1. The van der Waals surface area contributed by atoms with Crippen molar-refractivity contribution < 1.29 is 9.18 Å². The Morgan fingerprint density at radius 1 is 1.29 bits per heavy atom. The Balaban J connectivity index is 2.23. The van der Waals surface area contributed by atoms with E-state index in [-0.39, 0.29) is 11.7 Å². The van der Waals surface area contributed by atoms with E-state index in [2.05, 4.69) is 17.2 Å². The molecule has 0 spiro atoms. The number of hydrogen-bond acceptors (Lipinski definition) is 3. The van der Waals surface area contributed by atoms with Gasteiger partial charge >= 0.3 is 0 Å². The number of nitrogens with one attached hydrogen (secondary N) is 1. The van der Waals surface area contributed by atoms with Crippen LogP contribution in [-0.4, -0.2) is 16.6 Å². The van der Waals surface area contributed by atoms with Gasteiger partial charge in [0.05, 0.1) is 5.54 Å². The topological polar surface area (TPSA) is 42.0 Å². The zero-order chi connectivity index (χ0) is 17.6. The second-order valence-electron chi connectivity index (χ2n) is 6.14.